The van der Waals surface area contributed by atoms with Gasteiger partial charge in [-0.25, -0.2) is 0 Å². The number of carboxylic acid groups (broad SMARTS) is 1. The van der Waals surface area contributed by atoms with Crippen molar-refractivity contribution >= 4 is 11.9 Å². The van der Waals surface area contributed by atoms with Gasteiger partial charge in [0.2, 0.25) is 5.91 Å². The van der Waals surface area contributed by atoms with Gasteiger partial charge in [-0.15, -0.1) is 0 Å². The summed E-state index contributed by atoms with van der Waals surface area (Å²) in [6, 6.07) is 5.31. The summed E-state index contributed by atoms with van der Waals surface area (Å²) < 4.78 is 10.4. The van der Waals surface area contributed by atoms with Crippen LogP contribution < -0.4 is 14.8 Å². The number of rotatable bonds is 7. The van der Waals surface area contributed by atoms with E-state index in [-0.39, 0.29) is 11.9 Å². The van der Waals surface area contributed by atoms with E-state index in [2.05, 4.69) is 5.32 Å². The number of ether oxygens (including phenoxy) is 2. The van der Waals surface area contributed by atoms with E-state index in [0.29, 0.717) is 30.8 Å². The van der Waals surface area contributed by atoms with Gasteiger partial charge in [0.1, 0.15) is 0 Å². The van der Waals surface area contributed by atoms with Crippen LogP contribution in [0.5, 0.6) is 11.5 Å². The molecule has 1 aliphatic rings. The van der Waals surface area contributed by atoms with Crippen molar-refractivity contribution in [1.29, 1.82) is 0 Å². The first-order chi connectivity index (χ1) is 11.0. The van der Waals surface area contributed by atoms with E-state index in [1.165, 1.54) is 0 Å². The first kappa shape index (κ1) is 17.1. The van der Waals surface area contributed by atoms with E-state index in [4.69, 9.17) is 14.6 Å². The van der Waals surface area contributed by atoms with Gasteiger partial charge >= 0.3 is 5.97 Å². The fourth-order valence-corrected chi connectivity index (χ4v) is 3.00. The van der Waals surface area contributed by atoms with Crippen LogP contribution in [0.25, 0.3) is 0 Å². The molecule has 0 saturated heterocycles. The number of carbonyl (C=O) groups is 2. The predicted octanol–water partition coefficient (Wildman–Crippen LogP) is 2.01. The molecule has 0 aliphatic heterocycles. The average molecular weight is 321 g/mol. The van der Waals surface area contributed by atoms with Crippen molar-refractivity contribution in [2.75, 3.05) is 14.2 Å². The molecule has 6 nitrogen and oxygen atoms in total. The van der Waals surface area contributed by atoms with Gasteiger partial charge < -0.3 is 19.9 Å². The van der Waals surface area contributed by atoms with Gasteiger partial charge in [-0.3, -0.25) is 9.59 Å². The lowest BCUT2D eigenvalue weighted by Gasteiger charge is -2.17. The molecule has 0 heterocycles. The molecule has 1 aliphatic carbocycles. The van der Waals surface area contributed by atoms with Crippen LogP contribution in [-0.4, -0.2) is 37.2 Å². The molecule has 2 atom stereocenters. The minimum absolute atomic E-state index is 0.113. The van der Waals surface area contributed by atoms with Crippen molar-refractivity contribution in [1.82, 2.24) is 5.32 Å². The Balaban J connectivity index is 1.88. The van der Waals surface area contributed by atoms with Crippen molar-refractivity contribution < 1.29 is 24.2 Å². The lowest BCUT2D eigenvalue weighted by atomic mass is 10.0. The summed E-state index contributed by atoms with van der Waals surface area (Å²) in [6.45, 7) is 0. The molecule has 0 radical (unpaired) electrons. The number of methoxy groups -OCH3 is 2. The Morgan fingerprint density at radius 2 is 1.96 bits per heavy atom. The molecule has 1 amide bonds. The summed E-state index contributed by atoms with van der Waals surface area (Å²) in [5.74, 6) is -0.117. The van der Waals surface area contributed by atoms with Gasteiger partial charge in [0, 0.05) is 12.5 Å². The van der Waals surface area contributed by atoms with Crippen LogP contribution in [0.2, 0.25) is 0 Å². The van der Waals surface area contributed by atoms with E-state index < -0.39 is 11.9 Å². The Morgan fingerprint density at radius 3 is 2.61 bits per heavy atom. The fourth-order valence-electron chi connectivity index (χ4n) is 3.00. The van der Waals surface area contributed by atoms with Crippen LogP contribution in [0.1, 0.15) is 31.2 Å². The second-order valence-corrected chi connectivity index (χ2v) is 5.74. The Hall–Kier alpha value is -2.24. The van der Waals surface area contributed by atoms with Crippen molar-refractivity contribution in [3.8, 4) is 11.5 Å². The number of benzene rings is 1. The molecule has 23 heavy (non-hydrogen) atoms. The number of carboxylic acids is 1. The number of amides is 1. The first-order valence-electron chi connectivity index (χ1n) is 7.78. The highest BCUT2D eigenvalue weighted by Crippen LogP contribution is 2.28. The van der Waals surface area contributed by atoms with Crippen LogP contribution in [-0.2, 0) is 16.0 Å². The monoisotopic (exact) mass is 321 g/mol. The Morgan fingerprint density at radius 1 is 1.22 bits per heavy atom. The summed E-state index contributed by atoms with van der Waals surface area (Å²) in [5, 5.41) is 12.0. The number of nitrogens with one attached hydrogen (secondary N) is 1. The highest BCUT2D eigenvalue weighted by Gasteiger charge is 2.33. The number of hydrogen-bond donors (Lipinski definition) is 2. The summed E-state index contributed by atoms with van der Waals surface area (Å²) in [5.41, 5.74) is 0.971. The van der Waals surface area contributed by atoms with E-state index >= 15 is 0 Å². The summed E-state index contributed by atoms with van der Waals surface area (Å²) in [7, 11) is 3.14. The second-order valence-electron chi connectivity index (χ2n) is 5.74. The molecule has 6 heteroatoms. The van der Waals surface area contributed by atoms with Gasteiger partial charge in [-0.1, -0.05) is 12.5 Å². The van der Waals surface area contributed by atoms with E-state index in [9.17, 15) is 9.59 Å². The maximum absolute atomic E-state index is 12.1. The van der Waals surface area contributed by atoms with Crippen LogP contribution >= 0.6 is 0 Å². The summed E-state index contributed by atoms with van der Waals surface area (Å²) in [6.07, 6.45) is 3.10. The highest BCUT2D eigenvalue weighted by molar-refractivity contribution is 5.78. The molecule has 126 valence electrons. The smallest absolute Gasteiger partial charge is 0.308 e. The molecule has 0 aromatic heterocycles. The minimum atomic E-state index is -0.826. The maximum atomic E-state index is 12.1. The normalized spacial score (nSPS) is 20.1. The van der Waals surface area contributed by atoms with Gasteiger partial charge in [0.25, 0.3) is 0 Å². The fraction of sp³-hybridized carbons (Fsp3) is 0.529. The average Bonchev–Trinajstić information content (AvgIpc) is 3.00. The van der Waals surface area contributed by atoms with Gasteiger partial charge in [-0.2, -0.15) is 0 Å². The molecular formula is C17H23NO5. The lowest BCUT2D eigenvalue weighted by molar-refractivity contribution is -0.142. The quantitative estimate of drug-likeness (QED) is 0.802. The number of aliphatic carboxylic acids is 1. The molecular weight excluding hydrogens is 298 g/mol. The maximum Gasteiger partial charge on any atom is 0.308 e. The van der Waals surface area contributed by atoms with Gasteiger partial charge in [0.15, 0.2) is 11.5 Å². The third kappa shape index (κ3) is 4.37. The second kappa shape index (κ2) is 7.85. The van der Waals surface area contributed by atoms with Crippen LogP contribution in [0.4, 0.5) is 0 Å². The van der Waals surface area contributed by atoms with Gasteiger partial charge in [-0.05, 0) is 37.0 Å². The number of carbonyl (C=O) groups excluding carboxylic acids is 1. The molecule has 1 saturated carbocycles. The third-order valence-electron chi connectivity index (χ3n) is 4.27. The summed E-state index contributed by atoms with van der Waals surface area (Å²) >= 11 is 0. The van der Waals surface area contributed by atoms with Crippen molar-refractivity contribution in [3.05, 3.63) is 23.8 Å². The molecule has 0 spiro atoms. The SMILES string of the molecule is COc1ccc(CCC(=O)N[C@@H]2CCC[C@@H]2C(=O)O)cc1OC. The molecule has 1 aromatic rings. The van der Waals surface area contributed by atoms with Gasteiger partial charge in [0.05, 0.1) is 20.1 Å². The van der Waals surface area contributed by atoms with Crippen molar-refractivity contribution in [2.24, 2.45) is 5.92 Å². The molecule has 0 unspecified atom stereocenters. The largest absolute Gasteiger partial charge is 0.493 e. The van der Waals surface area contributed by atoms with Crippen molar-refractivity contribution in [2.45, 2.75) is 38.1 Å². The molecule has 2 N–H and O–H groups in total. The molecule has 1 aromatic carbocycles. The lowest BCUT2D eigenvalue weighted by Crippen LogP contribution is -2.40. The zero-order chi connectivity index (χ0) is 16.8. The van der Waals surface area contributed by atoms with E-state index in [1.54, 1.807) is 14.2 Å². The van der Waals surface area contributed by atoms with Crippen LogP contribution in [0, 0.1) is 5.92 Å². The number of hydrogen-bond acceptors (Lipinski definition) is 4. The topological polar surface area (TPSA) is 84.9 Å². The Labute approximate surface area is 135 Å². The van der Waals surface area contributed by atoms with E-state index in [1.807, 2.05) is 18.2 Å². The Kier molecular flexibility index (Phi) is 5.84. The Bertz CT molecular complexity index is 572. The number of aryl methyl sites for hydroxylation is 1. The predicted molar refractivity (Wildman–Crippen MR) is 84.8 cm³/mol. The molecule has 2 rings (SSSR count). The van der Waals surface area contributed by atoms with Crippen LogP contribution in [0.3, 0.4) is 0 Å². The third-order valence-corrected chi connectivity index (χ3v) is 4.27. The van der Waals surface area contributed by atoms with Crippen molar-refractivity contribution in [3.63, 3.8) is 0 Å². The minimum Gasteiger partial charge on any atom is -0.493 e. The van der Waals surface area contributed by atoms with E-state index in [0.717, 1.165) is 18.4 Å². The highest BCUT2D eigenvalue weighted by atomic mass is 16.5. The zero-order valence-corrected chi connectivity index (χ0v) is 13.5. The van der Waals surface area contributed by atoms with Crippen LogP contribution in [0.15, 0.2) is 18.2 Å². The zero-order valence-electron chi connectivity index (χ0n) is 13.5. The summed E-state index contributed by atoms with van der Waals surface area (Å²) in [4.78, 5) is 23.2. The standard InChI is InChI=1S/C17H23NO5/c1-22-14-8-6-11(10-15(14)23-2)7-9-16(19)18-13-5-3-4-12(13)17(20)21/h6,8,10,12-13H,3-5,7,9H2,1-2H3,(H,18,19)(H,20,21)/t12-,13+/m0/s1. The molecule has 0 bridgehead atoms. The first-order valence-corrected chi connectivity index (χ1v) is 7.78. The molecule has 1 fully saturated rings.